The van der Waals surface area contributed by atoms with Gasteiger partial charge in [-0.25, -0.2) is 9.18 Å². The van der Waals surface area contributed by atoms with E-state index in [0.717, 1.165) is 11.3 Å². The minimum atomic E-state index is -4.64. The number of hydrogen-bond acceptors (Lipinski definition) is 2. The van der Waals surface area contributed by atoms with E-state index in [1.165, 1.54) is 0 Å². The van der Waals surface area contributed by atoms with Crippen LogP contribution < -0.4 is 16.4 Å². The first-order valence-corrected chi connectivity index (χ1v) is 8.11. The van der Waals surface area contributed by atoms with Crippen molar-refractivity contribution in [3.05, 3.63) is 66.1 Å². The van der Waals surface area contributed by atoms with Gasteiger partial charge in [-0.15, -0.1) is 0 Å². The van der Waals surface area contributed by atoms with Crippen molar-refractivity contribution in [3.63, 3.8) is 0 Å². The third-order valence-electron chi connectivity index (χ3n) is 4.06. The summed E-state index contributed by atoms with van der Waals surface area (Å²) in [4.78, 5) is 12.0. The number of aryl methyl sites for hydroxylation is 1. The first-order valence-electron chi connectivity index (χ1n) is 8.11. The Labute approximate surface area is 157 Å². The number of amides is 2. The fourth-order valence-electron chi connectivity index (χ4n) is 2.71. The largest absolute Gasteiger partial charge is 0.416 e. The molecule has 0 aliphatic heterocycles. The Balaban J connectivity index is 1.72. The highest BCUT2D eigenvalue weighted by Crippen LogP contribution is 2.32. The molecule has 0 aliphatic carbocycles. The molecule has 4 N–H and O–H groups in total. The molecule has 0 bridgehead atoms. The van der Waals surface area contributed by atoms with E-state index < -0.39 is 29.3 Å². The summed E-state index contributed by atoms with van der Waals surface area (Å²) < 4.78 is 53.8. The van der Waals surface area contributed by atoms with Gasteiger partial charge in [0.2, 0.25) is 0 Å². The molecule has 0 unspecified atom stereocenters. The van der Waals surface area contributed by atoms with Crippen LogP contribution in [0.1, 0.15) is 5.56 Å². The Morgan fingerprint density at radius 2 is 1.71 bits per heavy atom. The van der Waals surface area contributed by atoms with E-state index >= 15 is 0 Å². The molecule has 0 saturated heterocycles. The van der Waals surface area contributed by atoms with Crippen LogP contribution in [0, 0.1) is 5.82 Å². The standard InChI is InChI=1S/C19H16F4N4O/c1-27-9-8-15(24)17(27)11-2-5-13(6-3-11)25-18(28)26-16-10-12(19(21,22)23)4-7-14(16)20/h2-10H,24H2,1H3,(H2,25,26,28). The molecule has 146 valence electrons. The number of halogens is 4. The number of benzene rings is 2. The summed E-state index contributed by atoms with van der Waals surface area (Å²) in [5, 5.41) is 4.52. The maximum Gasteiger partial charge on any atom is 0.416 e. The van der Waals surface area contributed by atoms with E-state index in [2.05, 4.69) is 10.6 Å². The normalized spacial score (nSPS) is 11.3. The van der Waals surface area contributed by atoms with Gasteiger partial charge in [0, 0.05) is 24.5 Å². The number of alkyl halides is 3. The molecule has 28 heavy (non-hydrogen) atoms. The van der Waals surface area contributed by atoms with Crippen LogP contribution in [0.15, 0.2) is 54.7 Å². The highest BCUT2D eigenvalue weighted by Gasteiger charge is 2.31. The molecule has 2 aromatic carbocycles. The first-order chi connectivity index (χ1) is 13.1. The van der Waals surface area contributed by atoms with E-state index in [1.807, 2.05) is 17.8 Å². The molecule has 2 amide bonds. The summed E-state index contributed by atoms with van der Waals surface area (Å²) in [5.74, 6) is -0.974. The second-order valence-corrected chi connectivity index (χ2v) is 6.08. The van der Waals surface area contributed by atoms with Crippen LogP contribution >= 0.6 is 0 Å². The number of hydrogen-bond donors (Lipinski definition) is 3. The molecule has 5 nitrogen and oxygen atoms in total. The Kier molecular flexibility index (Phi) is 5.00. The van der Waals surface area contributed by atoms with Crippen molar-refractivity contribution >= 4 is 23.1 Å². The Hall–Kier alpha value is -3.49. The average Bonchev–Trinajstić information content (AvgIpc) is 2.95. The van der Waals surface area contributed by atoms with Crippen molar-refractivity contribution < 1.29 is 22.4 Å². The lowest BCUT2D eigenvalue weighted by atomic mass is 10.1. The minimum absolute atomic E-state index is 0.376. The van der Waals surface area contributed by atoms with Crippen molar-refractivity contribution in [1.82, 2.24) is 4.57 Å². The number of urea groups is 1. The highest BCUT2D eigenvalue weighted by atomic mass is 19.4. The average molecular weight is 392 g/mol. The van der Waals surface area contributed by atoms with Gasteiger partial charge < -0.3 is 20.9 Å². The predicted molar refractivity (Wildman–Crippen MR) is 99.3 cm³/mol. The Morgan fingerprint density at radius 3 is 2.29 bits per heavy atom. The van der Waals surface area contributed by atoms with Gasteiger partial charge in [0.05, 0.1) is 22.6 Å². The molecule has 3 rings (SSSR count). The number of nitrogens with one attached hydrogen (secondary N) is 2. The zero-order valence-corrected chi connectivity index (χ0v) is 14.6. The van der Waals surface area contributed by atoms with Gasteiger partial charge in [-0.1, -0.05) is 12.1 Å². The summed E-state index contributed by atoms with van der Waals surface area (Å²) in [5.41, 5.74) is 6.89. The second kappa shape index (κ2) is 7.26. The van der Waals surface area contributed by atoms with Crippen molar-refractivity contribution in [1.29, 1.82) is 0 Å². The molecule has 1 aromatic heterocycles. The maximum atomic E-state index is 13.7. The fraction of sp³-hybridized carbons (Fsp3) is 0.105. The zero-order valence-electron chi connectivity index (χ0n) is 14.6. The molecule has 9 heteroatoms. The third-order valence-corrected chi connectivity index (χ3v) is 4.06. The van der Waals surface area contributed by atoms with Crippen molar-refractivity contribution in [2.45, 2.75) is 6.18 Å². The van der Waals surface area contributed by atoms with Gasteiger partial charge in [-0.05, 0) is 36.4 Å². The Bertz CT molecular complexity index is 990. The van der Waals surface area contributed by atoms with Crippen molar-refractivity contribution in [3.8, 4) is 11.3 Å². The number of carbonyl (C=O) groups excluding carboxylic acids is 1. The smallest absolute Gasteiger partial charge is 0.397 e. The lowest BCUT2D eigenvalue weighted by molar-refractivity contribution is -0.137. The lowest BCUT2D eigenvalue weighted by Gasteiger charge is -2.12. The monoisotopic (exact) mass is 392 g/mol. The molecular formula is C19H16F4N4O. The van der Waals surface area contributed by atoms with Crippen LogP contribution in [-0.2, 0) is 13.2 Å². The van der Waals surface area contributed by atoms with Gasteiger partial charge in [-0.3, -0.25) is 0 Å². The number of nitrogens with two attached hydrogens (primary N) is 1. The molecule has 0 atom stereocenters. The van der Waals surface area contributed by atoms with Crippen LogP contribution in [0.5, 0.6) is 0 Å². The number of carbonyl (C=O) groups is 1. The molecule has 0 radical (unpaired) electrons. The van der Waals surface area contributed by atoms with Gasteiger partial charge >= 0.3 is 12.2 Å². The lowest BCUT2D eigenvalue weighted by Crippen LogP contribution is -2.20. The number of nitrogens with zero attached hydrogens (tertiary/aromatic N) is 1. The molecule has 1 heterocycles. The number of nitrogen functional groups attached to an aromatic ring is 1. The van der Waals surface area contributed by atoms with Crippen molar-refractivity contribution in [2.75, 3.05) is 16.4 Å². The van der Waals surface area contributed by atoms with E-state index in [-0.39, 0.29) is 0 Å². The predicted octanol–water partition coefficient (Wildman–Crippen LogP) is 5.08. The summed E-state index contributed by atoms with van der Waals surface area (Å²) in [7, 11) is 1.84. The Morgan fingerprint density at radius 1 is 1.04 bits per heavy atom. The topological polar surface area (TPSA) is 72.1 Å². The number of anilines is 3. The zero-order chi connectivity index (χ0) is 20.5. The summed E-state index contributed by atoms with van der Waals surface area (Å²) in [6.07, 6.45) is -2.83. The molecule has 3 aromatic rings. The van der Waals surface area contributed by atoms with E-state index in [0.29, 0.717) is 29.6 Å². The third kappa shape index (κ3) is 4.08. The summed E-state index contributed by atoms with van der Waals surface area (Å²) >= 11 is 0. The fourth-order valence-corrected chi connectivity index (χ4v) is 2.71. The minimum Gasteiger partial charge on any atom is -0.397 e. The molecule has 0 spiro atoms. The van der Waals surface area contributed by atoms with E-state index in [9.17, 15) is 22.4 Å². The van der Waals surface area contributed by atoms with E-state index in [1.54, 1.807) is 30.3 Å². The van der Waals surface area contributed by atoms with Gasteiger partial charge in [0.15, 0.2) is 0 Å². The van der Waals surface area contributed by atoms with Crippen LogP contribution in [0.4, 0.5) is 39.4 Å². The number of rotatable bonds is 3. The summed E-state index contributed by atoms with van der Waals surface area (Å²) in [6.45, 7) is 0. The first kappa shape index (κ1) is 19.3. The highest BCUT2D eigenvalue weighted by molar-refractivity contribution is 6.00. The summed E-state index contributed by atoms with van der Waals surface area (Å²) in [6, 6.07) is 9.34. The van der Waals surface area contributed by atoms with Crippen molar-refractivity contribution in [2.24, 2.45) is 7.05 Å². The van der Waals surface area contributed by atoms with Crippen LogP contribution in [-0.4, -0.2) is 10.6 Å². The number of aromatic nitrogens is 1. The van der Waals surface area contributed by atoms with Gasteiger partial charge in [-0.2, -0.15) is 13.2 Å². The second-order valence-electron chi connectivity index (χ2n) is 6.08. The maximum absolute atomic E-state index is 13.7. The SMILES string of the molecule is Cn1ccc(N)c1-c1ccc(NC(=O)Nc2cc(C(F)(F)F)ccc2F)cc1. The van der Waals surface area contributed by atoms with Crippen LogP contribution in [0.25, 0.3) is 11.3 Å². The van der Waals surface area contributed by atoms with E-state index in [4.69, 9.17) is 5.73 Å². The van der Waals surface area contributed by atoms with Crippen LogP contribution in [0.3, 0.4) is 0 Å². The molecule has 0 aliphatic rings. The van der Waals surface area contributed by atoms with Gasteiger partial charge in [0.25, 0.3) is 0 Å². The quantitative estimate of drug-likeness (QED) is 0.544. The molecule has 0 fully saturated rings. The molecular weight excluding hydrogens is 376 g/mol. The van der Waals surface area contributed by atoms with Crippen LogP contribution in [0.2, 0.25) is 0 Å². The van der Waals surface area contributed by atoms with Gasteiger partial charge in [0.1, 0.15) is 5.82 Å². The molecule has 0 saturated carbocycles.